The second-order valence-corrected chi connectivity index (χ2v) is 7.87. The largest absolute Gasteiger partial charge is 0.466 e. The van der Waals surface area contributed by atoms with Gasteiger partial charge in [0.2, 0.25) is 0 Å². The van der Waals surface area contributed by atoms with Gasteiger partial charge in [-0.25, -0.2) is 4.79 Å². The summed E-state index contributed by atoms with van der Waals surface area (Å²) in [7, 11) is 0. The van der Waals surface area contributed by atoms with Crippen LogP contribution in [0.25, 0.3) is 0 Å². The number of amides is 1. The number of benzene rings is 1. The number of hydrogen-bond acceptors (Lipinski definition) is 5. The van der Waals surface area contributed by atoms with Crippen LogP contribution in [0, 0.1) is 5.92 Å². The van der Waals surface area contributed by atoms with E-state index in [-0.39, 0.29) is 24.0 Å². The van der Waals surface area contributed by atoms with Crippen LogP contribution >= 0.6 is 0 Å². The van der Waals surface area contributed by atoms with E-state index in [2.05, 4.69) is 17.4 Å². The van der Waals surface area contributed by atoms with E-state index in [1.165, 1.54) is 5.56 Å². The molecule has 2 atom stereocenters. The minimum Gasteiger partial charge on any atom is -0.466 e. The van der Waals surface area contributed by atoms with E-state index >= 15 is 0 Å². The van der Waals surface area contributed by atoms with Gasteiger partial charge >= 0.3 is 12.1 Å². The molecule has 1 aromatic rings. The molecule has 6 nitrogen and oxygen atoms in total. The summed E-state index contributed by atoms with van der Waals surface area (Å²) in [5, 5.41) is 3.49. The van der Waals surface area contributed by atoms with Gasteiger partial charge in [-0.3, -0.25) is 4.79 Å². The fourth-order valence-electron chi connectivity index (χ4n) is 3.22. The zero-order chi connectivity index (χ0) is 19.9. The highest BCUT2D eigenvalue weighted by Crippen LogP contribution is 2.21. The SMILES string of the molecule is CCOC(=O)C1CN(C(=O)OC(C)(C)C)CC[C@H]1NCCc1ccccc1. The maximum absolute atomic E-state index is 12.5. The Morgan fingerprint density at radius 3 is 2.56 bits per heavy atom. The molecular formula is C21H32N2O4. The summed E-state index contributed by atoms with van der Waals surface area (Å²) in [5.41, 5.74) is 0.699. The number of nitrogens with zero attached hydrogens (tertiary/aromatic N) is 1. The van der Waals surface area contributed by atoms with Crippen LogP contribution in [0.1, 0.15) is 39.7 Å². The summed E-state index contributed by atoms with van der Waals surface area (Å²) in [6.07, 6.45) is 1.21. The number of likely N-dealkylation sites (tertiary alicyclic amines) is 1. The van der Waals surface area contributed by atoms with Crippen molar-refractivity contribution in [3.63, 3.8) is 0 Å². The quantitative estimate of drug-likeness (QED) is 0.773. The van der Waals surface area contributed by atoms with Crippen molar-refractivity contribution in [2.24, 2.45) is 5.92 Å². The van der Waals surface area contributed by atoms with Crippen molar-refractivity contribution < 1.29 is 19.1 Å². The number of carbonyl (C=O) groups excluding carboxylic acids is 2. The van der Waals surface area contributed by atoms with Gasteiger partial charge in [-0.15, -0.1) is 0 Å². The van der Waals surface area contributed by atoms with Crippen LogP contribution in [-0.4, -0.2) is 54.8 Å². The third-order valence-corrected chi connectivity index (χ3v) is 4.52. The molecule has 1 unspecified atom stereocenters. The zero-order valence-corrected chi connectivity index (χ0v) is 16.9. The summed E-state index contributed by atoms with van der Waals surface area (Å²) in [5.74, 6) is -0.648. The van der Waals surface area contributed by atoms with Crippen molar-refractivity contribution in [2.75, 3.05) is 26.2 Å². The molecule has 0 aliphatic carbocycles. The lowest BCUT2D eigenvalue weighted by molar-refractivity contribution is -0.150. The first kappa shape index (κ1) is 21.2. The van der Waals surface area contributed by atoms with E-state index < -0.39 is 5.60 Å². The monoisotopic (exact) mass is 376 g/mol. The van der Waals surface area contributed by atoms with Gasteiger partial charge in [0.25, 0.3) is 0 Å². The van der Waals surface area contributed by atoms with Crippen LogP contribution < -0.4 is 5.32 Å². The highest BCUT2D eigenvalue weighted by molar-refractivity contribution is 5.75. The summed E-state index contributed by atoms with van der Waals surface area (Å²) >= 11 is 0. The minimum atomic E-state index is -0.554. The Kier molecular flexibility index (Phi) is 7.66. The number of hydrogen-bond donors (Lipinski definition) is 1. The predicted octanol–water partition coefficient (Wildman–Crippen LogP) is 3.01. The van der Waals surface area contributed by atoms with E-state index in [0.29, 0.717) is 26.1 Å². The van der Waals surface area contributed by atoms with Crippen molar-refractivity contribution in [2.45, 2.75) is 52.2 Å². The minimum absolute atomic E-state index is 0.00792. The second kappa shape index (κ2) is 9.74. The van der Waals surface area contributed by atoms with Gasteiger partial charge in [0.15, 0.2) is 0 Å². The molecule has 6 heteroatoms. The number of esters is 1. The molecule has 1 fully saturated rings. The lowest BCUT2D eigenvalue weighted by atomic mass is 9.92. The molecule has 1 saturated heterocycles. The van der Waals surface area contributed by atoms with Crippen LogP contribution in [0.15, 0.2) is 30.3 Å². The van der Waals surface area contributed by atoms with Crippen molar-refractivity contribution in [3.8, 4) is 0 Å². The van der Waals surface area contributed by atoms with E-state index in [4.69, 9.17) is 9.47 Å². The van der Waals surface area contributed by atoms with Gasteiger partial charge in [0.05, 0.1) is 12.5 Å². The molecule has 0 bridgehead atoms. The molecule has 1 aliphatic heterocycles. The van der Waals surface area contributed by atoms with Gasteiger partial charge in [0.1, 0.15) is 5.60 Å². The molecule has 0 spiro atoms. The molecule has 0 saturated carbocycles. The Bertz CT molecular complexity index is 612. The Morgan fingerprint density at radius 1 is 1.22 bits per heavy atom. The number of rotatable bonds is 6. The second-order valence-electron chi connectivity index (χ2n) is 7.87. The standard InChI is InChI=1S/C21H32N2O4/c1-5-26-19(24)17-15-23(20(25)27-21(2,3)4)14-12-18(17)22-13-11-16-9-7-6-8-10-16/h6-10,17-18,22H,5,11-15H2,1-4H3/t17?,18-/m1/s1. The summed E-state index contributed by atoms with van der Waals surface area (Å²) in [6, 6.07) is 10.2. The highest BCUT2D eigenvalue weighted by atomic mass is 16.6. The van der Waals surface area contributed by atoms with Crippen molar-refractivity contribution >= 4 is 12.1 Å². The average Bonchev–Trinajstić information content (AvgIpc) is 2.61. The zero-order valence-electron chi connectivity index (χ0n) is 16.9. The Balaban J connectivity index is 1.95. The number of ether oxygens (including phenoxy) is 2. The van der Waals surface area contributed by atoms with Crippen LogP contribution in [0.3, 0.4) is 0 Å². The molecule has 1 heterocycles. The molecule has 27 heavy (non-hydrogen) atoms. The summed E-state index contributed by atoms with van der Waals surface area (Å²) in [4.78, 5) is 26.4. The highest BCUT2D eigenvalue weighted by Gasteiger charge is 2.38. The first-order valence-corrected chi connectivity index (χ1v) is 9.72. The smallest absolute Gasteiger partial charge is 0.410 e. The number of nitrogens with one attached hydrogen (secondary N) is 1. The third-order valence-electron chi connectivity index (χ3n) is 4.52. The molecule has 150 valence electrons. The Morgan fingerprint density at radius 2 is 1.93 bits per heavy atom. The van der Waals surface area contributed by atoms with Crippen LogP contribution in [0.4, 0.5) is 4.79 Å². The predicted molar refractivity (Wildman–Crippen MR) is 104 cm³/mol. The molecule has 1 amide bonds. The van der Waals surface area contributed by atoms with Gasteiger partial charge in [-0.2, -0.15) is 0 Å². The maximum atomic E-state index is 12.5. The number of carbonyl (C=O) groups is 2. The Hall–Kier alpha value is -2.08. The summed E-state index contributed by atoms with van der Waals surface area (Å²) < 4.78 is 10.7. The van der Waals surface area contributed by atoms with E-state index in [0.717, 1.165) is 13.0 Å². The van der Waals surface area contributed by atoms with Crippen molar-refractivity contribution in [1.82, 2.24) is 10.2 Å². The van der Waals surface area contributed by atoms with Crippen LogP contribution in [0.2, 0.25) is 0 Å². The first-order valence-electron chi connectivity index (χ1n) is 9.72. The molecule has 1 aliphatic rings. The van der Waals surface area contributed by atoms with Gasteiger partial charge in [-0.1, -0.05) is 30.3 Å². The van der Waals surface area contributed by atoms with Gasteiger partial charge < -0.3 is 19.7 Å². The molecule has 1 N–H and O–H groups in total. The lowest BCUT2D eigenvalue weighted by Crippen LogP contribution is -2.55. The van der Waals surface area contributed by atoms with Crippen molar-refractivity contribution in [1.29, 1.82) is 0 Å². The normalized spacial score (nSPS) is 20.2. The molecule has 2 rings (SSSR count). The maximum Gasteiger partial charge on any atom is 0.410 e. The van der Waals surface area contributed by atoms with Crippen LogP contribution in [0.5, 0.6) is 0 Å². The topological polar surface area (TPSA) is 67.9 Å². The van der Waals surface area contributed by atoms with Gasteiger partial charge in [0, 0.05) is 19.1 Å². The van der Waals surface area contributed by atoms with E-state index in [9.17, 15) is 9.59 Å². The first-order chi connectivity index (χ1) is 12.8. The fourth-order valence-corrected chi connectivity index (χ4v) is 3.22. The average molecular weight is 376 g/mol. The summed E-state index contributed by atoms with van der Waals surface area (Å²) in [6.45, 7) is 9.30. The van der Waals surface area contributed by atoms with E-state index in [1.54, 1.807) is 11.8 Å². The molecule has 1 aromatic carbocycles. The van der Waals surface area contributed by atoms with Crippen LogP contribution in [-0.2, 0) is 20.7 Å². The van der Waals surface area contributed by atoms with Crippen molar-refractivity contribution in [3.05, 3.63) is 35.9 Å². The lowest BCUT2D eigenvalue weighted by Gasteiger charge is -2.38. The number of piperidine rings is 1. The Labute approximate surface area is 162 Å². The third kappa shape index (κ3) is 6.86. The van der Waals surface area contributed by atoms with Gasteiger partial charge in [-0.05, 0) is 52.6 Å². The molecular weight excluding hydrogens is 344 g/mol. The molecule has 0 aromatic heterocycles. The molecule has 0 radical (unpaired) electrons. The fraction of sp³-hybridized carbons (Fsp3) is 0.619. The van der Waals surface area contributed by atoms with E-state index in [1.807, 2.05) is 39.0 Å².